The topological polar surface area (TPSA) is 45.7 Å². The van der Waals surface area contributed by atoms with E-state index in [1.54, 1.807) is 14.2 Å². The molecule has 142 valence electrons. The first-order valence-electron chi connectivity index (χ1n) is 9.22. The Kier molecular flexibility index (Phi) is 5.98. The summed E-state index contributed by atoms with van der Waals surface area (Å²) in [6, 6.07) is 4.10. The highest BCUT2D eigenvalue weighted by Crippen LogP contribution is 2.29. The zero-order chi connectivity index (χ0) is 18.7. The average Bonchev–Trinajstić information content (AvgIpc) is 2.79. The second-order valence-electron chi connectivity index (χ2n) is 7.09. The molecule has 0 bridgehead atoms. The maximum Gasteiger partial charge on any atom is 0.202 e. The van der Waals surface area contributed by atoms with Crippen molar-refractivity contribution in [3.05, 3.63) is 33.9 Å². The fraction of sp³-hybridized carbons (Fsp3) is 0.579. The summed E-state index contributed by atoms with van der Waals surface area (Å²) < 4.78 is 15.9. The molecule has 26 heavy (non-hydrogen) atoms. The van der Waals surface area contributed by atoms with Crippen molar-refractivity contribution in [1.82, 2.24) is 14.3 Å². The minimum Gasteiger partial charge on any atom is -0.493 e. The number of rotatable bonds is 6. The van der Waals surface area contributed by atoms with Gasteiger partial charge in [0.15, 0.2) is 18.2 Å². The summed E-state index contributed by atoms with van der Waals surface area (Å²) in [6.07, 6.45) is 4.70. The van der Waals surface area contributed by atoms with Crippen LogP contribution < -0.4 is 14.4 Å². The van der Waals surface area contributed by atoms with Crippen molar-refractivity contribution in [2.24, 2.45) is 0 Å². The fourth-order valence-corrected chi connectivity index (χ4v) is 3.88. The van der Waals surface area contributed by atoms with E-state index in [1.165, 1.54) is 35.3 Å². The second-order valence-corrected chi connectivity index (χ2v) is 7.45. The molecule has 0 radical (unpaired) electrons. The Morgan fingerprint density at radius 1 is 1.15 bits per heavy atom. The van der Waals surface area contributed by atoms with Crippen LogP contribution in [0.25, 0.3) is 0 Å². The molecular weight excluding hydrogens is 348 g/mol. The molecule has 1 aliphatic heterocycles. The summed E-state index contributed by atoms with van der Waals surface area (Å²) in [7, 11) is 5.51. The Labute approximate surface area is 160 Å². The summed E-state index contributed by atoms with van der Waals surface area (Å²) in [5, 5.41) is 4.79. The number of hydrogen-bond acceptors (Lipinski definition) is 4. The summed E-state index contributed by atoms with van der Waals surface area (Å²) in [6.45, 7) is 4.74. The first kappa shape index (κ1) is 18.9. The van der Waals surface area contributed by atoms with Crippen molar-refractivity contribution in [2.45, 2.75) is 52.4 Å². The summed E-state index contributed by atoms with van der Waals surface area (Å²) in [5.74, 6) is 2.68. The van der Waals surface area contributed by atoms with E-state index in [0.29, 0.717) is 0 Å². The van der Waals surface area contributed by atoms with E-state index < -0.39 is 0 Å². The van der Waals surface area contributed by atoms with Crippen LogP contribution in [0.1, 0.15) is 36.2 Å². The van der Waals surface area contributed by atoms with Gasteiger partial charge in [-0.2, -0.15) is 9.78 Å². The van der Waals surface area contributed by atoms with Gasteiger partial charge >= 0.3 is 0 Å². The molecule has 1 N–H and O–H groups in total. The van der Waals surface area contributed by atoms with Crippen LogP contribution in [0.15, 0.2) is 12.1 Å². The summed E-state index contributed by atoms with van der Waals surface area (Å²) >= 11 is 5.67. The molecule has 0 spiro atoms. The van der Waals surface area contributed by atoms with Crippen LogP contribution in [0.3, 0.4) is 0 Å². The Balaban J connectivity index is 1.76. The highest BCUT2D eigenvalue weighted by molar-refractivity contribution is 7.71. The van der Waals surface area contributed by atoms with Gasteiger partial charge in [0.05, 0.1) is 21.3 Å². The molecule has 1 aliphatic rings. The molecule has 7 heteroatoms. The van der Waals surface area contributed by atoms with Crippen LogP contribution in [0.4, 0.5) is 0 Å². The lowest BCUT2D eigenvalue weighted by Gasteiger charge is -2.17. The Morgan fingerprint density at radius 2 is 1.88 bits per heavy atom. The molecule has 1 unspecified atom stereocenters. The number of benzene rings is 1. The van der Waals surface area contributed by atoms with Gasteiger partial charge in [-0.25, -0.2) is 0 Å². The molecule has 0 amide bonds. The van der Waals surface area contributed by atoms with Gasteiger partial charge < -0.3 is 18.9 Å². The van der Waals surface area contributed by atoms with Gasteiger partial charge in [0.25, 0.3) is 0 Å². The molecule has 2 heterocycles. The average molecular weight is 378 g/mol. The maximum atomic E-state index is 5.67. The molecule has 1 aromatic heterocycles. The lowest BCUT2D eigenvalue weighted by molar-refractivity contribution is -0.917. The predicted molar refractivity (Wildman–Crippen MR) is 103 cm³/mol. The van der Waals surface area contributed by atoms with E-state index in [0.717, 1.165) is 48.3 Å². The minimum absolute atomic E-state index is 0.757. The van der Waals surface area contributed by atoms with Gasteiger partial charge in [0.1, 0.15) is 12.4 Å². The molecular formula is C19H29N4O2S+. The molecule has 0 saturated carbocycles. The highest BCUT2D eigenvalue weighted by Gasteiger charge is 2.17. The van der Waals surface area contributed by atoms with Gasteiger partial charge in [-0.15, -0.1) is 0 Å². The van der Waals surface area contributed by atoms with Crippen molar-refractivity contribution in [3.63, 3.8) is 0 Å². The Bertz CT molecular complexity index is 828. The molecule has 1 aromatic carbocycles. The number of aromatic nitrogens is 3. The number of nitrogens with one attached hydrogen (secondary N) is 1. The number of fused-ring (bicyclic) bond motifs is 1. The van der Waals surface area contributed by atoms with Gasteiger partial charge in [-0.3, -0.25) is 0 Å². The molecule has 0 saturated heterocycles. The molecule has 1 atom stereocenters. The zero-order valence-electron chi connectivity index (χ0n) is 16.2. The molecule has 6 nitrogen and oxygen atoms in total. The third-order valence-electron chi connectivity index (χ3n) is 5.04. The van der Waals surface area contributed by atoms with Crippen LogP contribution in [0.5, 0.6) is 11.5 Å². The number of quaternary nitrogens is 1. The van der Waals surface area contributed by atoms with Gasteiger partial charge in [-0.1, -0.05) is 6.42 Å². The van der Waals surface area contributed by atoms with E-state index >= 15 is 0 Å². The Morgan fingerprint density at radius 3 is 2.62 bits per heavy atom. The molecule has 2 aromatic rings. The van der Waals surface area contributed by atoms with Crippen molar-refractivity contribution in [2.75, 3.05) is 21.3 Å². The largest absolute Gasteiger partial charge is 0.493 e. The van der Waals surface area contributed by atoms with Crippen LogP contribution in [-0.4, -0.2) is 35.6 Å². The van der Waals surface area contributed by atoms with Crippen LogP contribution >= 0.6 is 12.2 Å². The Hall–Kier alpha value is -1.86. The molecule has 0 aliphatic carbocycles. The van der Waals surface area contributed by atoms with Crippen LogP contribution in [-0.2, 0) is 26.2 Å². The number of aryl methyl sites for hydroxylation is 2. The smallest absolute Gasteiger partial charge is 0.202 e. The first-order chi connectivity index (χ1) is 12.5. The predicted octanol–water partition coefficient (Wildman–Crippen LogP) is 2.14. The lowest BCUT2D eigenvalue weighted by atomic mass is 10.1. The van der Waals surface area contributed by atoms with Gasteiger partial charge in [-0.05, 0) is 49.7 Å². The summed E-state index contributed by atoms with van der Waals surface area (Å²) in [4.78, 5) is 1.32. The van der Waals surface area contributed by atoms with Crippen molar-refractivity contribution in [3.8, 4) is 11.5 Å². The minimum atomic E-state index is 0.757. The number of hydrogen-bond donors (Lipinski definition) is 1. The van der Waals surface area contributed by atoms with Crippen LogP contribution in [0.2, 0.25) is 0 Å². The molecule has 3 rings (SSSR count). The standard InChI is InChI=1S/C19H28N4O2S/c1-14-10-16(24-3)17(25-4)11-15(14)12-21(2)13-23-19(26)22-9-7-5-6-8-18(22)20-23/h10-11H,5-9,12-13H2,1-4H3/p+1. The van der Waals surface area contributed by atoms with E-state index in [9.17, 15) is 0 Å². The second kappa shape index (κ2) is 8.22. The van der Waals surface area contributed by atoms with Crippen LogP contribution in [0, 0.1) is 11.7 Å². The van der Waals surface area contributed by atoms with E-state index in [1.807, 2.05) is 10.7 Å². The zero-order valence-corrected chi connectivity index (χ0v) is 17.0. The molecule has 0 fully saturated rings. The number of methoxy groups -OCH3 is 2. The number of ether oxygens (including phenoxy) is 2. The van der Waals surface area contributed by atoms with E-state index in [-0.39, 0.29) is 0 Å². The normalized spacial score (nSPS) is 15.2. The van der Waals surface area contributed by atoms with Crippen molar-refractivity contribution < 1.29 is 14.4 Å². The van der Waals surface area contributed by atoms with Crippen molar-refractivity contribution >= 4 is 12.2 Å². The third kappa shape index (κ3) is 3.94. The van der Waals surface area contributed by atoms with Gasteiger partial charge in [0.2, 0.25) is 4.77 Å². The quantitative estimate of drug-likeness (QED) is 0.784. The van der Waals surface area contributed by atoms with E-state index in [4.69, 9.17) is 26.8 Å². The van der Waals surface area contributed by atoms with E-state index in [2.05, 4.69) is 24.6 Å². The van der Waals surface area contributed by atoms with Gasteiger partial charge in [0, 0.05) is 18.5 Å². The summed E-state index contributed by atoms with van der Waals surface area (Å²) in [5.41, 5.74) is 2.44. The lowest BCUT2D eigenvalue weighted by Crippen LogP contribution is -3.07. The fourth-order valence-electron chi connectivity index (χ4n) is 3.58. The SMILES string of the molecule is COc1cc(C)c(C[NH+](C)Cn2nc3n(c2=S)CCCCC3)cc1OC. The monoisotopic (exact) mass is 377 g/mol. The highest BCUT2D eigenvalue weighted by atomic mass is 32.1. The third-order valence-corrected chi connectivity index (χ3v) is 5.47. The maximum absolute atomic E-state index is 5.67. The van der Waals surface area contributed by atoms with Crippen molar-refractivity contribution in [1.29, 1.82) is 0 Å². The number of nitrogens with zero attached hydrogens (tertiary/aromatic N) is 3. The first-order valence-corrected chi connectivity index (χ1v) is 9.63.